The Morgan fingerprint density at radius 3 is 2.79 bits per heavy atom. The molecule has 0 unspecified atom stereocenters. The molecule has 0 aliphatic carbocycles. The first-order valence-electron chi connectivity index (χ1n) is 7.66. The lowest BCUT2D eigenvalue weighted by molar-refractivity contribution is -0.120. The third kappa shape index (κ3) is 3.63. The number of ether oxygens (including phenoxy) is 1. The number of fused-ring (bicyclic) bond motifs is 1. The Kier molecular flexibility index (Phi) is 4.61. The van der Waals surface area contributed by atoms with Crippen molar-refractivity contribution in [1.82, 2.24) is 10.3 Å². The van der Waals surface area contributed by atoms with Crippen molar-refractivity contribution in [3.05, 3.63) is 76.1 Å². The van der Waals surface area contributed by atoms with Gasteiger partial charge in [-0.1, -0.05) is 30.3 Å². The standard InChI is InChI=1S/C19H18N2O3/c1-24-16-7-4-5-13(9-16)10-18(22)20-12-15-11-14-6-2-3-8-17(14)21-19(15)23/h2-9,11H,10,12H2,1H3,(H,20,22)(H,21,23). The second kappa shape index (κ2) is 7.00. The van der Waals surface area contributed by atoms with Crippen LogP contribution < -0.4 is 15.6 Å². The average Bonchev–Trinajstić information content (AvgIpc) is 2.60. The summed E-state index contributed by atoms with van der Waals surface area (Å²) in [5.74, 6) is 0.571. The third-order valence-corrected chi connectivity index (χ3v) is 3.81. The summed E-state index contributed by atoms with van der Waals surface area (Å²) >= 11 is 0. The van der Waals surface area contributed by atoms with Crippen LogP contribution in [0.3, 0.4) is 0 Å². The van der Waals surface area contributed by atoms with Gasteiger partial charge in [-0.25, -0.2) is 0 Å². The Labute approximate surface area is 139 Å². The van der Waals surface area contributed by atoms with Crippen molar-refractivity contribution in [3.8, 4) is 5.75 Å². The average molecular weight is 322 g/mol. The fourth-order valence-corrected chi connectivity index (χ4v) is 2.55. The van der Waals surface area contributed by atoms with Gasteiger partial charge in [0.05, 0.1) is 13.5 Å². The predicted molar refractivity (Wildman–Crippen MR) is 93.1 cm³/mol. The number of hydrogen-bond acceptors (Lipinski definition) is 3. The highest BCUT2D eigenvalue weighted by Gasteiger charge is 2.07. The first-order chi connectivity index (χ1) is 11.7. The van der Waals surface area contributed by atoms with E-state index in [0.717, 1.165) is 16.5 Å². The van der Waals surface area contributed by atoms with Gasteiger partial charge in [-0.05, 0) is 35.2 Å². The van der Waals surface area contributed by atoms with Crippen LogP contribution in [0.25, 0.3) is 10.9 Å². The summed E-state index contributed by atoms with van der Waals surface area (Å²) in [7, 11) is 1.59. The molecule has 2 N–H and O–H groups in total. The highest BCUT2D eigenvalue weighted by atomic mass is 16.5. The molecule has 3 rings (SSSR count). The third-order valence-electron chi connectivity index (χ3n) is 3.81. The lowest BCUT2D eigenvalue weighted by Gasteiger charge is -2.07. The highest BCUT2D eigenvalue weighted by molar-refractivity contribution is 5.80. The molecular formula is C19H18N2O3. The molecule has 0 aliphatic rings. The van der Waals surface area contributed by atoms with E-state index in [2.05, 4.69) is 10.3 Å². The van der Waals surface area contributed by atoms with Crippen LogP contribution in [-0.2, 0) is 17.8 Å². The normalized spacial score (nSPS) is 10.5. The van der Waals surface area contributed by atoms with Crippen molar-refractivity contribution in [2.24, 2.45) is 0 Å². The van der Waals surface area contributed by atoms with Crippen LogP contribution in [0.2, 0.25) is 0 Å². The zero-order valence-electron chi connectivity index (χ0n) is 13.3. The summed E-state index contributed by atoms with van der Waals surface area (Å²) < 4.78 is 5.15. The molecule has 1 amide bonds. The van der Waals surface area contributed by atoms with E-state index >= 15 is 0 Å². The van der Waals surface area contributed by atoms with Gasteiger partial charge in [0, 0.05) is 17.6 Å². The summed E-state index contributed by atoms with van der Waals surface area (Å²) in [6.07, 6.45) is 0.239. The summed E-state index contributed by atoms with van der Waals surface area (Å²) in [4.78, 5) is 27.0. The first-order valence-corrected chi connectivity index (χ1v) is 7.66. The molecule has 3 aromatic rings. The van der Waals surface area contributed by atoms with Crippen molar-refractivity contribution in [2.75, 3.05) is 7.11 Å². The minimum Gasteiger partial charge on any atom is -0.497 e. The molecule has 5 heteroatoms. The Morgan fingerprint density at radius 2 is 1.96 bits per heavy atom. The Morgan fingerprint density at radius 1 is 1.12 bits per heavy atom. The summed E-state index contributed by atoms with van der Waals surface area (Å²) in [6.45, 7) is 0.197. The maximum Gasteiger partial charge on any atom is 0.253 e. The summed E-state index contributed by atoms with van der Waals surface area (Å²) in [5, 5.41) is 3.73. The number of aromatic nitrogens is 1. The molecule has 5 nitrogen and oxygen atoms in total. The summed E-state index contributed by atoms with van der Waals surface area (Å²) in [6, 6.07) is 16.7. The predicted octanol–water partition coefficient (Wildman–Crippen LogP) is 2.40. The van der Waals surface area contributed by atoms with Crippen LogP contribution in [0.15, 0.2) is 59.4 Å². The number of carbonyl (C=O) groups excluding carboxylic acids is 1. The van der Waals surface area contributed by atoms with E-state index in [4.69, 9.17) is 4.74 Å². The van der Waals surface area contributed by atoms with Crippen molar-refractivity contribution in [2.45, 2.75) is 13.0 Å². The number of para-hydroxylation sites is 1. The minimum absolute atomic E-state index is 0.143. The fraction of sp³-hybridized carbons (Fsp3) is 0.158. The molecule has 0 saturated carbocycles. The van der Waals surface area contributed by atoms with E-state index in [1.165, 1.54) is 0 Å². The molecule has 0 fully saturated rings. The Balaban J connectivity index is 1.67. The number of carbonyl (C=O) groups is 1. The van der Waals surface area contributed by atoms with Gasteiger partial charge >= 0.3 is 0 Å². The van der Waals surface area contributed by atoms with Crippen molar-refractivity contribution >= 4 is 16.8 Å². The van der Waals surface area contributed by atoms with Gasteiger partial charge in [0.1, 0.15) is 5.75 Å². The molecule has 24 heavy (non-hydrogen) atoms. The van der Waals surface area contributed by atoms with Crippen molar-refractivity contribution < 1.29 is 9.53 Å². The van der Waals surface area contributed by atoms with Gasteiger partial charge in [-0.2, -0.15) is 0 Å². The van der Waals surface area contributed by atoms with Crippen molar-refractivity contribution in [1.29, 1.82) is 0 Å². The largest absolute Gasteiger partial charge is 0.497 e. The van der Waals surface area contributed by atoms with Gasteiger partial charge in [0.25, 0.3) is 5.56 Å². The van der Waals surface area contributed by atoms with E-state index in [9.17, 15) is 9.59 Å². The number of rotatable bonds is 5. The lowest BCUT2D eigenvalue weighted by atomic mass is 10.1. The zero-order chi connectivity index (χ0) is 16.9. The molecule has 122 valence electrons. The van der Waals surface area contributed by atoms with Crippen LogP contribution in [0, 0.1) is 0 Å². The van der Waals surface area contributed by atoms with Crippen LogP contribution in [0.1, 0.15) is 11.1 Å². The van der Waals surface area contributed by atoms with Gasteiger partial charge in [-0.15, -0.1) is 0 Å². The fourth-order valence-electron chi connectivity index (χ4n) is 2.55. The SMILES string of the molecule is COc1cccc(CC(=O)NCc2cc3ccccc3[nH]c2=O)c1. The molecule has 0 spiro atoms. The smallest absolute Gasteiger partial charge is 0.253 e. The second-order valence-electron chi connectivity index (χ2n) is 5.52. The highest BCUT2D eigenvalue weighted by Crippen LogP contribution is 2.13. The molecule has 1 aromatic heterocycles. The number of amides is 1. The Hall–Kier alpha value is -3.08. The zero-order valence-corrected chi connectivity index (χ0v) is 13.3. The van der Waals surface area contributed by atoms with Gasteiger partial charge in [-0.3, -0.25) is 9.59 Å². The van der Waals surface area contributed by atoms with Crippen LogP contribution in [-0.4, -0.2) is 18.0 Å². The van der Waals surface area contributed by atoms with Crippen molar-refractivity contribution in [3.63, 3.8) is 0 Å². The maximum atomic E-state index is 12.1. The van der Waals surface area contributed by atoms with Gasteiger partial charge in [0.2, 0.25) is 5.91 Å². The number of aromatic amines is 1. The first kappa shape index (κ1) is 15.8. The molecule has 1 heterocycles. The molecule has 0 radical (unpaired) electrons. The number of hydrogen-bond donors (Lipinski definition) is 2. The molecule has 0 atom stereocenters. The Bertz CT molecular complexity index is 931. The number of benzene rings is 2. The van der Waals surface area contributed by atoms with E-state index in [1.807, 2.05) is 48.5 Å². The van der Waals surface area contributed by atoms with E-state index in [0.29, 0.717) is 11.3 Å². The van der Waals surface area contributed by atoms with E-state index in [-0.39, 0.29) is 24.4 Å². The number of pyridine rings is 1. The quantitative estimate of drug-likeness (QED) is 0.758. The molecule has 0 bridgehead atoms. The monoisotopic (exact) mass is 322 g/mol. The second-order valence-corrected chi connectivity index (χ2v) is 5.52. The lowest BCUT2D eigenvalue weighted by Crippen LogP contribution is -2.27. The molecular weight excluding hydrogens is 304 g/mol. The van der Waals surface area contributed by atoms with Gasteiger partial charge < -0.3 is 15.0 Å². The van der Waals surface area contributed by atoms with E-state index in [1.54, 1.807) is 13.2 Å². The topological polar surface area (TPSA) is 71.2 Å². The number of methoxy groups -OCH3 is 1. The summed E-state index contributed by atoms with van der Waals surface area (Å²) in [5.41, 5.74) is 2.00. The molecule has 0 aliphatic heterocycles. The van der Waals surface area contributed by atoms with Gasteiger partial charge in [0.15, 0.2) is 0 Å². The number of nitrogens with one attached hydrogen (secondary N) is 2. The van der Waals surface area contributed by atoms with Crippen LogP contribution in [0.4, 0.5) is 0 Å². The molecule has 2 aromatic carbocycles. The number of H-pyrrole nitrogens is 1. The van der Waals surface area contributed by atoms with Crippen LogP contribution >= 0.6 is 0 Å². The molecule has 0 saturated heterocycles. The minimum atomic E-state index is -0.185. The van der Waals surface area contributed by atoms with Crippen LogP contribution in [0.5, 0.6) is 5.75 Å². The van der Waals surface area contributed by atoms with E-state index < -0.39 is 0 Å². The maximum absolute atomic E-state index is 12.1.